The largest absolute Gasteiger partial charge is 0.454 e. The summed E-state index contributed by atoms with van der Waals surface area (Å²) in [7, 11) is 0. The Hall–Kier alpha value is -2.73. The van der Waals surface area contributed by atoms with Gasteiger partial charge in [0.25, 0.3) is 0 Å². The normalized spacial score (nSPS) is 11.0. The highest BCUT2D eigenvalue weighted by Gasteiger charge is 2.21. The third-order valence-electron chi connectivity index (χ3n) is 3.63. The van der Waals surface area contributed by atoms with Crippen LogP contribution >= 0.6 is 11.6 Å². The molecule has 0 radical (unpaired) electrons. The number of amides is 1. The molecular formula is C20H19ClFNO4. The van der Waals surface area contributed by atoms with E-state index in [2.05, 4.69) is 5.32 Å². The molecule has 0 heterocycles. The highest BCUT2D eigenvalue weighted by Crippen LogP contribution is 2.18. The average molecular weight is 392 g/mol. The van der Waals surface area contributed by atoms with Gasteiger partial charge < -0.3 is 10.1 Å². The van der Waals surface area contributed by atoms with Crippen LogP contribution in [0.15, 0.2) is 42.5 Å². The Bertz CT molecular complexity index is 873. The molecule has 0 saturated heterocycles. The standard InChI is InChI=1S/C20H19ClFNO4/c1-20(2,3)19(26)23-14-7-4-12(5-8-14)17(24)11-27-18(25)15-9-6-13(21)10-16(15)22/h4-10H,11H2,1-3H3,(H,23,26). The third kappa shape index (κ3) is 5.62. The highest BCUT2D eigenvalue weighted by atomic mass is 35.5. The first-order chi connectivity index (χ1) is 12.6. The first-order valence-electron chi connectivity index (χ1n) is 8.15. The molecule has 2 rings (SSSR count). The number of hydrogen-bond acceptors (Lipinski definition) is 4. The number of halogens is 2. The van der Waals surface area contributed by atoms with E-state index < -0.39 is 29.6 Å². The summed E-state index contributed by atoms with van der Waals surface area (Å²) in [4.78, 5) is 35.9. The van der Waals surface area contributed by atoms with Crippen LogP contribution in [0.2, 0.25) is 5.02 Å². The zero-order valence-corrected chi connectivity index (χ0v) is 15.9. The van der Waals surface area contributed by atoms with E-state index in [4.69, 9.17) is 16.3 Å². The third-order valence-corrected chi connectivity index (χ3v) is 3.87. The molecule has 2 aromatic rings. The summed E-state index contributed by atoms with van der Waals surface area (Å²) in [6.45, 7) is 4.84. The van der Waals surface area contributed by atoms with E-state index in [1.807, 2.05) is 0 Å². The molecule has 0 aliphatic rings. The lowest BCUT2D eigenvalue weighted by Crippen LogP contribution is -2.27. The van der Waals surface area contributed by atoms with Crippen LogP contribution in [-0.2, 0) is 9.53 Å². The second-order valence-corrected chi connectivity index (χ2v) is 7.34. The lowest BCUT2D eigenvalue weighted by atomic mass is 9.95. The van der Waals surface area contributed by atoms with Crippen LogP contribution in [0.1, 0.15) is 41.5 Å². The maximum Gasteiger partial charge on any atom is 0.341 e. The molecule has 0 unspecified atom stereocenters. The number of carbonyl (C=O) groups excluding carboxylic acids is 3. The van der Waals surface area contributed by atoms with Gasteiger partial charge in [0.2, 0.25) is 5.91 Å². The maximum absolute atomic E-state index is 13.7. The van der Waals surface area contributed by atoms with Gasteiger partial charge >= 0.3 is 5.97 Å². The van der Waals surface area contributed by atoms with Gasteiger partial charge in [0.15, 0.2) is 12.4 Å². The van der Waals surface area contributed by atoms with Crippen LogP contribution in [0.5, 0.6) is 0 Å². The lowest BCUT2D eigenvalue weighted by molar-refractivity contribution is -0.123. The van der Waals surface area contributed by atoms with Crippen LogP contribution in [-0.4, -0.2) is 24.3 Å². The quantitative estimate of drug-likeness (QED) is 0.601. The molecule has 0 saturated carbocycles. The minimum atomic E-state index is -0.952. The Labute approximate surface area is 161 Å². The van der Waals surface area contributed by atoms with Gasteiger partial charge in [-0.3, -0.25) is 9.59 Å². The summed E-state index contributed by atoms with van der Waals surface area (Å²) in [5, 5.41) is 2.89. The number of esters is 1. The summed E-state index contributed by atoms with van der Waals surface area (Å²) in [5.74, 6) is -2.38. The molecular weight excluding hydrogens is 373 g/mol. The zero-order chi connectivity index (χ0) is 20.2. The van der Waals surface area contributed by atoms with Gasteiger partial charge in [-0.15, -0.1) is 0 Å². The first kappa shape index (κ1) is 20.6. The molecule has 27 heavy (non-hydrogen) atoms. The Morgan fingerprint density at radius 1 is 1.07 bits per heavy atom. The Morgan fingerprint density at radius 3 is 2.26 bits per heavy atom. The predicted octanol–water partition coefficient (Wildman–Crippen LogP) is 4.50. The lowest BCUT2D eigenvalue weighted by Gasteiger charge is -2.17. The fourth-order valence-corrected chi connectivity index (χ4v) is 2.16. The minimum absolute atomic E-state index is 0.152. The van der Waals surface area contributed by atoms with Crippen LogP contribution < -0.4 is 5.32 Å². The number of ketones is 1. The molecule has 0 aliphatic carbocycles. The van der Waals surface area contributed by atoms with Gasteiger partial charge in [0, 0.05) is 21.7 Å². The smallest absolute Gasteiger partial charge is 0.341 e. The summed E-state index contributed by atoms with van der Waals surface area (Å²) in [6.07, 6.45) is 0. The van der Waals surface area contributed by atoms with Crippen molar-refractivity contribution < 1.29 is 23.5 Å². The Kier molecular flexibility index (Phi) is 6.33. The number of hydrogen-bond donors (Lipinski definition) is 1. The fraction of sp³-hybridized carbons (Fsp3) is 0.250. The first-order valence-corrected chi connectivity index (χ1v) is 8.52. The van der Waals surface area contributed by atoms with Crippen molar-refractivity contribution in [3.05, 3.63) is 64.4 Å². The van der Waals surface area contributed by atoms with Crippen LogP contribution in [0.3, 0.4) is 0 Å². The molecule has 0 aliphatic heterocycles. The van der Waals surface area contributed by atoms with E-state index in [0.29, 0.717) is 11.3 Å². The van der Waals surface area contributed by atoms with Crippen molar-refractivity contribution in [3.63, 3.8) is 0 Å². The molecule has 1 amide bonds. The molecule has 5 nitrogen and oxygen atoms in total. The molecule has 7 heteroatoms. The van der Waals surface area contributed by atoms with E-state index in [1.54, 1.807) is 32.9 Å². The van der Waals surface area contributed by atoms with Crippen molar-refractivity contribution in [1.29, 1.82) is 0 Å². The molecule has 0 aromatic heterocycles. The fourth-order valence-electron chi connectivity index (χ4n) is 2.01. The van der Waals surface area contributed by atoms with Crippen molar-refractivity contribution in [3.8, 4) is 0 Å². The Morgan fingerprint density at radius 2 is 1.70 bits per heavy atom. The second-order valence-electron chi connectivity index (χ2n) is 6.90. The molecule has 142 valence electrons. The van der Waals surface area contributed by atoms with Crippen LogP contribution in [0, 0.1) is 11.2 Å². The number of ether oxygens (including phenoxy) is 1. The van der Waals surface area contributed by atoms with Gasteiger partial charge in [-0.25, -0.2) is 9.18 Å². The van der Waals surface area contributed by atoms with Gasteiger partial charge in [0.1, 0.15) is 5.82 Å². The number of nitrogens with one attached hydrogen (secondary N) is 1. The summed E-state index contributed by atoms with van der Waals surface area (Å²) >= 11 is 5.63. The number of benzene rings is 2. The van der Waals surface area contributed by atoms with Gasteiger partial charge in [-0.2, -0.15) is 0 Å². The number of Topliss-reactive ketones (excluding diaryl/α,β-unsaturated/α-hetero) is 1. The molecule has 0 atom stereocenters. The number of rotatable bonds is 5. The van der Waals surface area contributed by atoms with Crippen LogP contribution in [0.25, 0.3) is 0 Å². The molecule has 0 fully saturated rings. The Balaban J connectivity index is 1.96. The monoisotopic (exact) mass is 391 g/mol. The van der Waals surface area contributed by atoms with Gasteiger partial charge in [-0.1, -0.05) is 32.4 Å². The highest BCUT2D eigenvalue weighted by molar-refractivity contribution is 6.30. The van der Waals surface area contributed by atoms with Crippen molar-refractivity contribution in [2.75, 3.05) is 11.9 Å². The van der Waals surface area contributed by atoms with Crippen molar-refractivity contribution in [2.24, 2.45) is 5.41 Å². The van der Waals surface area contributed by atoms with Gasteiger partial charge in [0.05, 0.1) is 5.56 Å². The molecule has 1 N–H and O–H groups in total. The van der Waals surface area contributed by atoms with E-state index >= 15 is 0 Å². The van der Waals surface area contributed by atoms with Crippen LogP contribution in [0.4, 0.5) is 10.1 Å². The number of carbonyl (C=O) groups is 3. The van der Waals surface area contributed by atoms with E-state index in [1.165, 1.54) is 24.3 Å². The topological polar surface area (TPSA) is 72.5 Å². The minimum Gasteiger partial charge on any atom is -0.454 e. The van der Waals surface area contributed by atoms with E-state index in [-0.39, 0.29) is 16.5 Å². The molecule has 0 bridgehead atoms. The summed E-state index contributed by atoms with van der Waals surface area (Å²) in [5.41, 5.74) is 0.00638. The van der Waals surface area contributed by atoms with E-state index in [9.17, 15) is 18.8 Å². The maximum atomic E-state index is 13.7. The van der Waals surface area contributed by atoms with Crippen molar-refractivity contribution in [2.45, 2.75) is 20.8 Å². The molecule has 2 aromatic carbocycles. The summed E-state index contributed by atoms with van der Waals surface area (Å²) in [6, 6.07) is 9.72. The van der Waals surface area contributed by atoms with Crippen molar-refractivity contribution in [1.82, 2.24) is 0 Å². The second kappa shape index (κ2) is 8.31. The average Bonchev–Trinajstić information content (AvgIpc) is 2.59. The predicted molar refractivity (Wildman–Crippen MR) is 101 cm³/mol. The SMILES string of the molecule is CC(C)(C)C(=O)Nc1ccc(C(=O)COC(=O)c2ccc(Cl)cc2F)cc1. The zero-order valence-electron chi connectivity index (χ0n) is 15.1. The number of anilines is 1. The van der Waals surface area contributed by atoms with Gasteiger partial charge in [-0.05, 0) is 42.5 Å². The molecule has 0 spiro atoms. The summed E-state index contributed by atoms with van der Waals surface area (Å²) < 4.78 is 18.5. The van der Waals surface area contributed by atoms with E-state index in [0.717, 1.165) is 6.07 Å². The van der Waals surface area contributed by atoms with Crippen molar-refractivity contribution >= 4 is 34.9 Å².